The number of ether oxygens (including phenoxy) is 2. The molecule has 1 fully saturated rings. The maximum atomic E-state index is 14.0. The molecule has 2 aromatic carbocycles. The van der Waals surface area contributed by atoms with E-state index >= 15 is 0 Å². The minimum atomic E-state index is -3.74. The molecule has 7 nitrogen and oxygen atoms in total. The summed E-state index contributed by atoms with van der Waals surface area (Å²) in [5.41, 5.74) is -0.0370. The Bertz CT molecular complexity index is 1020. The molecule has 1 heterocycles. The molecule has 0 bridgehead atoms. The van der Waals surface area contributed by atoms with Crippen LogP contribution in [0.4, 0.5) is 4.39 Å². The number of piperidine rings is 1. The van der Waals surface area contributed by atoms with Crippen molar-refractivity contribution in [3.05, 3.63) is 58.9 Å². The Morgan fingerprint density at radius 1 is 1.19 bits per heavy atom. The van der Waals surface area contributed by atoms with Gasteiger partial charge in [0.2, 0.25) is 15.9 Å². The van der Waals surface area contributed by atoms with Crippen LogP contribution in [0.15, 0.2) is 42.5 Å². The molecule has 2 aromatic rings. The van der Waals surface area contributed by atoms with Crippen LogP contribution in [0.25, 0.3) is 0 Å². The molecule has 0 spiro atoms. The molecule has 1 aliphatic rings. The van der Waals surface area contributed by atoms with Gasteiger partial charge in [0.15, 0.2) is 0 Å². The van der Waals surface area contributed by atoms with Gasteiger partial charge in [-0.2, -0.15) is 0 Å². The van der Waals surface area contributed by atoms with Gasteiger partial charge in [-0.25, -0.2) is 17.1 Å². The fourth-order valence-corrected chi connectivity index (χ4v) is 5.44. The number of rotatable bonds is 9. The summed E-state index contributed by atoms with van der Waals surface area (Å²) in [6, 6.07) is 11.3. The number of sulfonamides is 1. The zero-order valence-corrected chi connectivity index (χ0v) is 19.3. The first-order chi connectivity index (χ1) is 15.3. The topological polar surface area (TPSA) is 84.9 Å². The minimum absolute atomic E-state index is 0.0370. The number of benzene rings is 2. The summed E-state index contributed by atoms with van der Waals surface area (Å²) >= 11 is 5.96. The summed E-state index contributed by atoms with van der Waals surface area (Å²) in [4.78, 5) is 12.4. The Balaban J connectivity index is 1.43. The van der Waals surface area contributed by atoms with Crippen LogP contribution in [0.1, 0.15) is 18.4 Å². The summed E-state index contributed by atoms with van der Waals surface area (Å²) in [6.45, 7) is 1.04. The second-order valence-corrected chi connectivity index (χ2v) is 9.82. The molecule has 0 atom stereocenters. The summed E-state index contributed by atoms with van der Waals surface area (Å²) in [5, 5.41) is 2.91. The minimum Gasteiger partial charge on any atom is -0.497 e. The molecule has 0 saturated carbocycles. The summed E-state index contributed by atoms with van der Waals surface area (Å²) in [6.07, 6.45) is 0.791. The van der Waals surface area contributed by atoms with E-state index in [2.05, 4.69) is 5.32 Å². The molecule has 0 unspecified atom stereocenters. The molecule has 10 heteroatoms. The molecule has 1 saturated heterocycles. The number of nitrogens with one attached hydrogen (secondary N) is 1. The van der Waals surface area contributed by atoms with E-state index in [1.165, 1.54) is 22.5 Å². The fourth-order valence-electron chi connectivity index (χ4n) is 3.52. The van der Waals surface area contributed by atoms with Crippen LogP contribution in [0.3, 0.4) is 0 Å². The molecule has 3 rings (SSSR count). The maximum Gasteiger partial charge on any atom is 0.223 e. The Morgan fingerprint density at radius 3 is 2.56 bits per heavy atom. The van der Waals surface area contributed by atoms with Crippen molar-refractivity contribution in [2.75, 3.05) is 33.4 Å². The van der Waals surface area contributed by atoms with Crippen LogP contribution < -0.4 is 14.8 Å². The zero-order chi connectivity index (χ0) is 23.1. The van der Waals surface area contributed by atoms with Gasteiger partial charge in [-0.15, -0.1) is 0 Å². The average Bonchev–Trinajstić information content (AvgIpc) is 2.79. The number of carbonyl (C=O) groups is 1. The third-order valence-corrected chi connectivity index (χ3v) is 7.48. The van der Waals surface area contributed by atoms with E-state index in [9.17, 15) is 17.6 Å². The third-order valence-electron chi connectivity index (χ3n) is 5.32. The van der Waals surface area contributed by atoms with Gasteiger partial charge in [-0.05, 0) is 37.1 Å². The smallest absolute Gasteiger partial charge is 0.223 e. The molecule has 0 aromatic heterocycles. The van der Waals surface area contributed by atoms with Gasteiger partial charge in [0, 0.05) is 35.7 Å². The average molecular weight is 485 g/mol. The van der Waals surface area contributed by atoms with Gasteiger partial charge in [-0.3, -0.25) is 4.79 Å². The lowest BCUT2D eigenvalue weighted by Gasteiger charge is -2.30. The predicted molar refractivity (Wildman–Crippen MR) is 120 cm³/mol. The van der Waals surface area contributed by atoms with Crippen LogP contribution in [-0.2, 0) is 20.6 Å². The molecule has 174 valence electrons. The van der Waals surface area contributed by atoms with Gasteiger partial charge >= 0.3 is 0 Å². The number of methoxy groups -OCH3 is 1. The lowest BCUT2D eigenvalue weighted by Crippen LogP contribution is -2.44. The van der Waals surface area contributed by atoms with Crippen molar-refractivity contribution >= 4 is 27.5 Å². The normalized spacial score (nSPS) is 15.3. The summed E-state index contributed by atoms with van der Waals surface area (Å²) in [7, 11) is -2.17. The number of halogens is 2. The highest BCUT2D eigenvalue weighted by molar-refractivity contribution is 7.88. The van der Waals surface area contributed by atoms with Crippen LogP contribution >= 0.6 is 11.6 Å². The first-order valence-electron chi connectivity index (χ1n) is 10.3. The Morgan fingerprint density at radius 2 is 1.88 bits per heavy atom. The predicted octanol–water partition coefficient (Wildman–Crippen LogP) is 3.22. The van der Waals surface area contributed by atoms with Crippen molar-refractivity contribution in [3.8, 4) is 11.5 Å². The van der Waals surface area contributed by atoms with Crippen LogP contribution in [0, 0.1) is 11.7 Å². The van der Waals surface area contributed by atoms with Crippen molar-refractivity contribution < 1.29 is 27.1 Å². The van der Waals surface area contributed by atoms with E-state index in [1.807, 2.05) is 12.1 Å². The van der Waals surface area contributed by atoms with Crippen molar-refractivity contribution in [3.63, 3.8) is 0 Å². The molecular weight excluding hydrogens is 459 g/mol. The van der Waals surface area contributed by atoms with E-state index in [4.69, 9.17) is 21.1 Å². The number of hydrogen-bond donors (Lipinski definition) is 1. The number of amides is 1. The molecule has 0 radical (unpaired) electrons. The van der Waals surface area contributed by atoms with Gasteiger partial charge in [0.05, 0.1) is 19.4 Å². The van der Waals surface area contributed by atoms with E-state index in [1.54, 1.807) is 19.2 Å². The lowest BCUT2D eigenvalue weighted by molar-refractivity contribution is -0.126. The van der Waals surface area contributed by atoms with Gasteiger partial charge in [0.25, 0.3) is 0 Å². The van der Waals surface area contributed by atoms with Crippen LogP contribution in [0.5, 0.6) is 11.5 Å². The number of hydrogen-bond acceptors (Lipinski definition) is 5. The first-order valence-corrected chi connectivity index (χ1v) is 12.2. The highest BCUT2D eigenvalue weighted by Crippen LogP contribution is 2.26. The monoisotopic (exact) mass is 484 g/mol. The zero-order valence-electron chi connectivity index (χ0n) is 17.7. The Labute approximate surface area is 192 Å². The highest BCUT2D eigenvalue weighted by Gasteiger charge is 2.32. The van der Waals surface area contributed by atoms with Crippen molar-refractivity contribution in [2.24, 2.45) is 5.92 Å². The number of nitrogens with zero attached hydrogens (tertiary/aromatic N) is 1. The molecule has 32 heavy (non-hydrogen) atoms. The summed E-state index contributed by atoms with van der Waals surface area (Å²) < 4.78 is 51.4. The quantitative estimate of drug-likeness (QED) is 0.552. The van der Waals surface area contributed by atoms with Crippen LogP contribution in [-0.4, -0.2) is 52.0 Å². The molecule has 1 aliphatic heterocycles. The van der Waals surface area contributed by atoms with E-state index in [0.29, 0.717) is 37.5 Å². The van der Waals surface area contributed by atoms with Gasteiger partial charge < -0.3 is 14.8 Å². The van der Waals surface area contributed by atoms with E-state index in [0.717, 1.165) is 0 Å². The van der Waals surface area contributed by atoms with Crippen molar-refractivity contribution in [1.82, 2.24) is 9.62 Å². The standard InChI is InChI=1S/C22H26ClFN2O5S/c1-30-17-4-2-5-18(14-17)31-13-10-25-22(27)16-8-11-26(12-9-16)32(28,29)15-19-20(23)6-3-7-21(19)24/h2-7,14,16H,8-13,15H2,1H3,(H,25,27). The van der Waals surface area contributed by atoms with Crippen molar-refractivity contribution in [1.29, 1.82) is 0 Å². The maximum absolute atomic E-state index is 14.0. The first kappa shape index (κ1) is 24.3. The van der Waals surface area contributed by atoms with Crippen molar-refractivity contribution in [2.45, 2.75) is 18.6 Å². The van der Waals surface area contributed by atoms with E-state index in [-0.39, 0.29) is 35.5 Å². The van der Waals surface area contributed by atoms with Crippen LogP contribution in [0.2, 0.25) is 5.02 Å². The van der Waals surface area contributed by atoms with Gasteiger partial charge in [-0.1, -0.05) is 23.7 Å². The Kier molecular flexibility index (Phi) is 8.33. The fraction of sp³-hybridized carbons (Fsp3) is 0.409. The highest BCUT2D eigenvalue weighted by atomic mass is 35.5. The second-order valence-electron chi connectivity index (χ2n) is 7.45. The molecular formula is C22H26ClFN2O5S. The Hall–Kier alpha value is -2.36. The second kappa shape index (κ2) is 11.0. The summed E-state index contributed by atoms with van der Waals surface area (Å²) in [5.74, 6) is -0.232. The van der Waals surface area contributed by atoms with Gasteiger partial charge in [0.1, 0.15) is 23.9 Å². The molecule has 1 N–H and O–H groups in total. The lowest BCUT2D eigenvalue weighted by atomic mass is 9.97. The largest absolute Gasteiger partial charge is 0.497 e. The third kappa shape index (κ3) is 6.34. The molecule has 1 amide bonds. The SMILES string of the molecule is COc1cccc(OCCNC(=O)C2CCN(S(=O)(=O)Cc3c(F)cccc3Cl)CC2)c1. The molecule has 0 aliphatic carbocycles. The number of carbonyl (C=O) groups excluding carboxylic acids is 1. The van der Waals surface area contributed by atoms with E-state index < -0.39 is 21.6 Å².